The van der Waals surface area contributed by atoms with Gasteiger partial charge in [0.2, 0.25) is 5.91 Å². The third kappa shape index (κ3) is 4.25. The molecule has 21 heavy (non-hydrogen) atoms. The summed E-state index contributed by atoms with van der Waals surface area (Å²) < 4.78 is 26.3. The fourth-order valence-corrected chi connectivity index (χ4v) is 1.77. The molecule has 0 aliphatic carbocycles. The van der Waals surface area contributed by atoms with E-state index in [1.165, 1.54) is 12.1 Å². The Morgan fingerprint density at radius 2 is 1.86 bits per heavy atom. The summed E-state index contributed by atoms with van der Waals surface area (Å²) in [6.07, 6.45) is 0. The predicted octanol–water partition coefficient (Wildman–Crippen LogP) is 2.51. The monoisotopic (exact) mass is 292 g/mol. The van der Waals surface area contributed by atoms with Gasteiger partial charge in [0.25, 0.3) is 0 Å². The average Bonchev–Trinajstić information content (AvgIpc) is 2.46. The first-order chi connectivity index (χ1) is 10.1. The Hall–Kier alpha value is -2.47. The normalized spacial score (nSPS) is 10.2. The van der Waals surface area contributed by atoms with E-state index in [4.69, 9.17) is 5.11 Å². The van der Waals surface area contributed by atoms with Crippen LogP contribution in [0.15, 0.2) is 42.5 Å². The molecule has 0 aliphatic heterocycles. The fourth-order valence-electron chi connectivity index (χ4n) is 1.77. The van der Waals surface area contributed by atoms with Gasteiger partial charge in [-0.05, 0) is 24.3 Å². The summed E-state index contributed by atoms with van der Waals surface area (Å²) in [7, 11) is 0. The van der Waals surface area contributed by atoms with Gasteiger partial charge in [-0.2, -0.15) is 0 Å². The van der Waals surface area contributed by atoms with Crippen molar-refractivity contribution < 1.29 is 18.7 Å². The minimum atomic E-state index is -0.620. The van der Waals surface area contributed by atoms with Crippen LogP contribution in [-0.4, -0.2) is 17.6 Å². The Balaban J connectivity index is 2.03. The smallest absolute Gasteiger partial charge is 0.250 e. The zero-order chi connectivity index (χ0) is 15.2. The lowest BCUT2D eigenvalue weighted by Crippen LogP contribution is -2.15. The fraction of sp³-hybridized carbons (Fsp3) is 0.133. The summed E-state index contributed by atoms with van der Waals surface area (Å²) in [5.41, 5.74) is 1.51. The van der Waals surface area contributed by atoms with Crippen LogP contribution in [0.25, 0.3) is 0 Å². The number of aliphatic hydroxyl groups is 1. The number of carbonyl (C=O) groups excluding carboxylic acids is 1. The molecule has 0 heterocycles. The second-order valence-electron chi connectivity index (χ2n) is 4.38. The average molecular weight is 292 g/mol. The molecule has 6 heteroatoms. The first kappa shape index (κ1) is 14.9. The molecule has 0 spiro atoms. The maximum atomic E-state index is 13.5. The van der Waals surface area contributed by atoms with E-state index in [9.17, 15) is 13.6 Å². The first-order valence-electron chi connectivity index (χ1n) is 6.27. The molecule has 0 saturated carbocycles. The van der Waals surface area contributed by atoms with Gasteiger partial charge in [-0.3, -0.25) is 4.79 Å². The molecule has 0 saturated heterocycles. The summed E-state index contributed by atoms with van der Waals surface area (Å²) >= 11 is 0. The van der Waals surface area contributed by atoms with E-state index >= 15 is 0 Å². The number of hydrogen-bond donors (Lipinski definition) is 3. The van der Waals surface area contributed by atoms with Crippen LogP contribution in [0.2, 0.25) is 0 Å². The van der Waals surface area contributed by atoms with Crippen LogP contribution >= 0.6 is 0 Å². The summed E-state index contributed by atoms with van der Waals surface area (Å²) in [5, 5.41) is 14.1. The van der Waals surface area contributed by atoms with Crippen LogP contribution in [0.4, 0.5) is 20.2 Å². The number of rotatable bonds is 5. The molecule has 4 nitrogen and oxygen atoms in total. The van der Waals surface area contributed by atoms with Crippen LogP contribution in [0, 0.1) is 11.6 Å². The van der Waals surface area contributed by atoms with Crippen molar-refractivity contribution in [2.45, 2.75) is 6.54 Å². The van der Waals surface area contributed by atoms with Gasteiger partial charge in [-0.25, -0.2) is 8.78 Å². The van der Waals surface area contributed by atoms with E-state index in [0.717, 1.165) is 6.07 Å². The van der Waals surface area contributed by atoms with Crippen molar-refractivity contribution in [3.8, 4) is 0 Å². The summed E-state index contributed by atoms with van der Waals surface area (Å²) in [5.74, 6) is -1.76. The number of aliphatic hydroxyl groups excluding tert-OH is 1. The van der Waals surface area contributed by atoms with Gasteiger partial charge in [0, 0.05) is 29.5 Å². The molecule has 2 rings (SSSR count). The van der Waals surface area contributed by atoms with Gasteiger partial charge in [0.1, 0.15) is 18.2 Å². The van der Waals surface area contributed by atoms with E-state index in [1.54, 1.807) is 24.3 Å². The lowest BCUT2D eigenvalue weighted by atomic mass is 10.2. The summed E-state index contributed by atoms with van der Waals surface area (Å²) in [6, 6.07) is 10.2. The summed E-state index contributed by atoms with van der Waals surface area (Å²) in [6.45, 7) is -0.415. The number of carbonyl (C=O) groups is 1. The molecule has 0 aromatic heterocycles. The van der Waals surface area contributed by atoms with E-state index in [-0.39, 0.29) is 6.54 Å². The molecule has 2 aromatic carbocycles. The lowest BCUT2D eigenvalue weighted by molar-refractivity contribution is -0.118. The van der Waals surface area contributed by atoms with Gasteiger partial charge < -0.3 is 15.7 Å². The second-order valence-corrected chi connectivity index (χ2v) is 4.38. The number of anilines is 2. The quantitative estimate of drug-likeness (QED) is 0.793. The highest BCUT2D eigenvalue weighted by Crippen LogP contribution is 2.17. The van der Waals surface area contributed by atoms with Crippen LogP contribution < -0.4 is 10.6 Å². The predicted molar refractivity (Wildman–Crippen MR) is 75.8 cm³/mol. The third-order valence-corrected chi connectivity index (χ3v) is 2.79. The maximum Gasteiger partial charge on any atom is 0.250 e. The zero-order valence-electron chi connectivity index (χ0n) is 11.1. The largest absolute Gasteiger partial charge is 0.387 e. The highest BCUT2D eigenvalue weighted by molar-refractivity contribution is 5.91. The zero-order valence-corrected chi connectivity index (χ0v) is 11.1. The Bertz CT molecular complexity index is 647. The van der Waals surface area contributed by atoms with Crippen molar-refractivity contribution in [3.05, 3.63) is 59.7 Å². The van der Waals surface area contributed by atoms with Gasteiger partial charge in [0.05, 0.1) is 0 Å². The first-order valence-corrected chi connectivity index (χ1v) is 6.27. The Kier molecular flexibility index (Phi) is 4.84. The highest BCUT2D eigenvalue weighted by Gasteiger charge is 2.04. The van der Waals surface area contributed by atoms with Crippen molar-refractivity contribution >= 4 is 17.3 Å². The van der Waals surface area contributed by atoms with Crippen molar-refractivity contribution in [2.24, 2.45) is 0 Å². The Morgan fingerprint density at radius 1 is 1.10 bits per heavy atom. The van der Waals surface area contributed by atoms with Gasteiger partial charge in [-0.1, -0.05) is 12.1 Å². The molecule has 0 aliphatic rings. The van der Waals surface area contributed by atoms with E-state index in [1.807, 2.05) is 0 Å². The van der Waals surface area contributed by atoms with Crippen molar-refractivity contribution in [1.82, 2.24) is 0 Å². The number of halogens is 2. The number of nitrogens with one attached hydrogen (secondary N) is 2. The number of benzene rings is 2. The molecule has 3 N–H and O–H groups in total. The van der Waals surface area contributed by atoms with E-state index < -0.39 is 24.1 Å². The minimum Gasteiger partial charge on any atom is -0.387 e. The van der Waals surface area contributed by atoms with Gasteiger partial charge >= 0.3 is 0 Å². The van der Waals surface area contributed by atoms with Crippen LogP contribution in [-0.2, 0) is 11.3 Å². The Morgan fingerprint density at radius 3 is 2.57 bits per heavy atom. The van der Waals surface area contributed by atoms with Gasteiger partial charge in [-0.15, -0.1) is 0 Å². The molecule has 0 radical (unpaired) electrons. The standard InChI is InChI=1S/C15H14F2N2O2/c16-11-5-4-10(14(17)6-11)8-18-12-2-1-3-13(7-12)19-15(21)9-20/h1-7,18,20H,8-9H2,(H,19,21). The molecule has 0 bridgehead atoms. The van der Waals surface area contributed by atoms with Gasteiger partial charge in [0.15, 0.2) is 0 Å². The van der Waals surface area contributed by atoms with Crippen LogP contribution in [0.5, 0.6) is 0 Å². The highest BCUT2D eigenvalue weighted by atomic mass is 19.1. The topological polar surface area (TPSA) is 61.4 Å². The molecular formula is C15H14F2N2O2. The van der Waals surface area contributed by atoms with E-state index in [2.05, 4.69) is 10.6 Å². The number of hydrogen-bond acceptors (Lipinski definition) is 3. The molecule has 1 amide bonds. The van der Waals surface area contributed by atoms with Crippen LogP contribution in [0.1, 0.15) is 5.56 Å². The molecule has 0 atom stereocenters. The minimum absolute atomic E-state index is 0.184. The summed E-state index contributed by atoms with van der Waals surface area (Å²) in [4.78, 5) is 11.1. The molecule has 2 aromatic rings. The number of amides is 1. The molecule has 110 valence electrons. The van der Waals surface area contributed by atoms with Crippen molar-refractivity contribution in [1.29, 1.82) is 0 Å². The van der Waals surface area contributed by atoms with E-state index in [0.29, 0.717) is 16.9 Å². The molecular weight excluding hydrogens is 278 g/mol. The SMILES string of the molecule is O=C(CO)Nc1cccc(NCc2ccc(F)cc2F)c1. The molecule has 0 fully saturated rings. The maximum absolute atomic E-state index is 13.5. The van der Waals surface area contributed by atoms with Crippen molar-refractivity contribution in [2.75, 3.05) is 17.2 Å². The lowest BCUT2D eigenvalue weighted by Gasteiger charge is -2.10. The molecule has 0 unspecified atom stereocenters. The van der Waals surface area contributed by atoms with Crippen LogP contribution in [0.3, 0.4) is 0 Å². The second kappa shape index (κ2) is 6.81. The Labute approximate surface area is 120 Å². The van der Waals surface area contributed by atoms with Crippen molar-refractivity contribution in [3.63, 3.8) is 0 Å². The third-order valence-electron chi connectivity index (χ3n) is 2.79.